The summed E-state index contributed by atoms with van der Waals surface area (Å²) in [5, 5.41) is 10.4. The van der Waals surface area contributed by atoms with Crippen LogP contribution < -0.4 is 9.47 Å². The predicted molar refractivity (Wildman–Crippen MR) is 87.5 cm³/mol. The zero-order valence-corrected chi connectivity index (χ0v) is 13.7. The molecule has 0 spiro atoms. The van der Waals surface area contributed by atoms with Gasteiger partial charge in [-0.1, -0.05) is 18.2 Å². The van der Waals surface area contributed by atoms with Gasteiger partial charge < -0.3 is 9.47 Å². The van der Waals surface area contributed by atoms with Crippen molar-refractivity contribution in [2.45, 2.75) is 6.61 Å². The standard InChI is InChI=1S/C16H13BrFNO4/c1-22-15-9-11(6-7-19(20)21)8-13(17)16(15)23-10-12-4-2-3-5-14(12)18/h2-9H,10H2,1H3/b7-6+. The molecular weight excluding hydrogens is 369 g/mol. The molecule has 2 aromatic carbocycles. The van der Waals surface area contributed by atoms with Crippen molar-refractivity contribution in [2.75, 3.05) is 7.11 Å². The Kier molecular flexibility index (Phi) is 5.70. The Balaban J connectivity index is 2.24. The monoisotopic (exact) mass is 381 g/mol. The molecule has 23 heavy (non-hydrogen) atoms. The first-order valence-electron chi connectivity index (χ1n) is 6.56. The van der Waals surface area contributed by atoms with Gasteiger partial charge in [0.1, 0.15) is 12.4 Å². The van der Waals surface area contributed by atoms with Gasteiger partial charge in [-0.3, -0.25) is 10.1 Å². The molecule has 120 valence electrons. The average molecular weight is 382 g/mol. The number of nitro groups is 1. The lowest BCUT2D eigenvalue weighted by Gasteiger charge is -2.13. The fraction of sp³-hybridized carbons (Fsp3) is 0.125. The van der Waals surface area contributed by atoms with Crippen molar-refractivity contribution >= 4 is 22.0 Å². The quantitative estimate of drug-likeness (QED) is 0.548. The molecule has 0 amide bonds. The van der Waals surface area contributed by atoms with Gasteiger partial charge in [0, 0.05) is 11.6 Å². The maximum atomic E-state index is 13.6. The summed E-state index contributed by atoms with van der Waals surface area (Å²) in [4.78, 5) is 9.83. The van der Waals surface area contributed by atoms with Crippen molar-refractivity contribution in [3.63, 3.8) is 0 Å². The van der Waals surface area contributed by atoms with E-state index in [0.717, 1.165) is 6.20 Å². The molecule has 0 unspecified atom stereocenters. The summed E-state index contributed by atoms with van der Waals surface area (Å²) in [6.07, 6.45) is 2.18. The molecule has 0 atom stereocenters. The topological polar surface area (TPSA) is 61.6 Å². The number of methoxy groups -OCH3 is 1. The molecule has 0 saturated carbocycles. The summed E-state index contributed by atoms with van der Waals surface area (Å²) >= 11 is 3.34. The Hall–Kier alpha value is -2.41. The molecule has 7 heteroatoms. The van der Waals surface area contributed by atoms with Crippen LogP contribution in [0.3, 0.4) is 0 Å². The molecule has 0 radical (unpaired) electrons. The summed E-state index contributed by atoms with van der Waals surface area (Å²) < 4.78 is 25.0. The highest BCUT2D eigenvalue weighted by Crippen LogP contribution is 2.37. The zero-order chi connectivity index (χ0) is 16.8. The van der Waals surface area contributed by atoms with Crippen LogP contribution in [0.4, 0.5) is 4.39 Å². The second-order valence-electron chi connectivity index (χ2n) is 4.52. The minimum absolute atomic E-state index is 0.0334. The first kappa shape index (κ1) is 17.0. The molecular formula is C16H13BrFNO4. The minimum atomic E-state index is -0.553. The third kappa shape index (κ3) is 4.53. The Bertz CT molecular complexity index is 749. The summed E-state index contributed by atoms with van der Waals surface area (Å²) in [6.45, 7) is 0.0334. The summed E-state index contributed by atoms with van der Waals surface area (Å²) in [5.74, 6) is 0.431. The van der Waals surface area contributed by atoms with Crippen molar-refractivity contribution < 1.29 is 18.8 Å². The van der Waals surface area contributed by atoms with Gasteiger partial charge in [0.2, 0.25) is 6.20 Å². The Labute approximate surface area is 140 Å². The van der Waals surface area contributed by atoms with Crippen LogP contribution in [0.25, 0.3) is 6.08 Å². The molecule has 0 saturated heterocycles. The molecule has 0 aliphatic rings. The van der Waals surface area contributed by atoms with Crippen LogP contribution in [0.1, 0.15) is 11.1 Å². The van der Waals surface area contributed by atoms with Crippen molar-refractivity contribution in [3.05, 3.63) is 74.1 Å². The first-order chi connectivity index (χ1) is 11.0. The van der Waals surface area contributed by atoms with Crippen LogP contribution in [0.2, 0.25) is 0 Å². The summed E-state index contributed by atoms with van der Waals surface area (Å²) in [5.41, 5.74) is 0.988. The van der Waals surface area contributed by atoms with Gasteiger partial charge in [0.25, 0.3) is 0 Å². The van der Waals surface area contributed by atoms with E-state index in [1.165, 1.54) is 19.3 Å². The maximum Gasteiger partial charge on any atom is 0.235 e. The number of rotatable bonds is 6. The number of hydrogen-bond donors (Lipinski definition) is 0. The van der Waals surface area contributed by atoms with E-state index in [-0.39, 0.29) is 12.4 Å². The molecule has 0 aliphatic carbocycles. The highest BCUT2D eigenvalue weighted by atomic mass is 79.9. The molecule has 0 bridgehead atoms. The van der Waals surface area contributed by atoms with Gasteiger partial charge in [-0.2, -0.15) is 0 Å². The normalized spacial score (nSPS) is 10.7. The van der Waals surface area contributed by atoms with Crippen molar-refractivity contribution in [3.8, 4) is 11.5 Å². The van der Waals surface area contributed by atoms with Gasteiger partial charge in [0.05, 0.1) is 16.5 Å². The highest BCUT2D eigenvalue weighted by Gasteiger charge is 2.12. The van der Waals surface area contributed by atoms with Crippen molar-refractivity contribution in [1.29, 1.82) is 0 Å². The minimum Gasteiger partial charge on any atom is -0.493 e. The van der Waals surface area contributed by atoms with E-state index in [2.05, 4.69) is 15.9 Å². The first-order valence-corrected chi connectivity index (χ1v) is 7.36. The van der Waals surface area contributed by atoms with Crippen molar-refractivity contribution in [1.82, 2.24) is 0 Å². The molecule has 0 heterocycles. The number of halogens is 2. The molecule has 0 fully saturated rings. The van der Waals surface area contributed by atoms with E-state index < -0.39 is 4.92 Å². The SMILES string of the molecule is COc1cc(/C=C/[N+](=O)[O-])cc(Br)c1OCc1ccccc1F. The number of ether oxygens (including phenoxy) is 2. The molecule has 0 aliphatic heterocycles. The van der Waals surface area contributed by atoms with E-state index >= 15 is 0 Å². The smallest absolute Gasteiger partial charge is 0.235 e. The van der Waals surface area contributed by atoms with E-state index in [4.69, 9.17) is 9.47 Å². The second kappa shape index (κ2) is 7.73. The molecule has 5 nitrogen and oxygen atoms in total. The predicted octanol–water partition coefficient (Wildman–Crippen LogP) is 4.42. The summed E-state index contributed by atoms with van der Waals surface area (Å²) in [7, 11) is 1.46. The Morgan fingerprint density at radius 2 is 2.09 bits per heavy atom. The van der Waals surface area contributed by atoms with Crippen molar-refractivity contribution in [2.24, 2.45) is 0 Å². The third-order valence-electron chi connectivity index (χ3n) is 2.97. The lowest BCUT2D eigenvalue weighted by molar-refractivity contribution is -0.400. The lowest BCUT2D eigenvalue weighted by Crippen LogP contribution is -2.01. The van der Waals surface area contributed by atoms with Crippen LogP contribution in [0.5, 0.6) is 11.5 Å². The third-order valence-corrected chi connectivity index (χ3v) is 3.56. The molecule has 2 rings (SSSR count). The van der Waals surface area contributed by atoms with Crippen LogP contribution in [0.15, 0.2) is 47.1 Å². The zero-order valence-electron chi connectivity index (χ0n) is 12.2. The van der Waals surface area contributed by atoms with E-state index in [0.29, 0.717) is 27.1 Å². The van der Waals surface area contributed by atoms with Gasteiger partial charge in [-0.25, -0.2) is 4.39 Å². The van der Waals surface area contributed by atoms with E-state index in [9.17, 15) is 14.5 Å². The van der Waals surface area contributed by atoms with Crippen LogP contribution in [0, 0.1) is 15.9 Å². The van der Waals surface area contributed by atoms with Crippen LogP contribution in [-0.4, -0.2) is 12.0 Å². The molecule has 0 aromatic heterocycles. The number of benzene rings is 2. The lowest BCUT2D eigenvalue weighted by atomic mass is 10.2. The van der Waals surface area contributed by atoms with Crippen LogP contribution >= 0.6 is 15.9 Å². The van der Waals surface area contributed by atoms with E-state index in [1.807, 2.05) is 0 Å². The van der Waals surface area contributed by atoms with Crippen LogP contribution in [-0.2, 0) is 6.61 Å². The molecule has 0 N–H and O–H groups in total. The molecule has 2 aromatic rings. The fourth-order valence-corrected chi connectivity index (χ4v) is 2.46. The fourth-order valence-electron chi connectivity index (χ4n) is 1.89. The number of nitrogens with zero attached hydrogens (tertiary/aromatic N) is 1. The Morgan fingerprint density at radius 3 is 2.74 bits per heavy atom. The highest BCUT2D eigenvalue weighted by molar-refractivity contribution is 9.10. The second-order valence-corrected chi connectivity index (χ2v) is 5.37. The number of hydrogen-bond acceptors (Lipinski definition) is 4. The van der Waals surface area contributed by atoms with Gasteiger partial charge in [-0.05, 0) is 39.7 Å². The van der Waals surface area contributed by atoms with Gasteiger partial charge >= 0.3 is 0 Å². The van der Waals surface area contributed by atoms with Gasteiger partial charge in [0.15, 0.2) is 11.5 Å². The maximum absolute atomic E-state index is 13.6. The Morgan fingerprint density at radius 1 is 1.35 bits per heavy atom. The summed E-state index contributed by atoms with van der Waals surface area (Å²) in [6, 6.07) is 9.56. The van der Waals surface area contributed by atoms with E-state index in [1.54, 1.807) is 30.3 Å². The average Bonchev–Trinajstić information content (AvgIpc) is 2.52. The van der Waals surface area contributed by atoms with Gasteiger partial charge in [-0.15, -0.1) is 0 Å². The largest absolute Gasteiger partial charge is 0.493 e.